The highest BCUT2D eigenvalue weighted by atomic mass is 79.9. The molecule has 3 nitrogen and oxygen atoms in total. The third-order valence-electron chi connectivity index (χ3n) is 2.37. The molecule has 1 aromatic rings. The van der Waals surface area contributed by atoms with Crippen molar-refractivity contribution in [3.63, 3.8) is 0 Å². The lowest BCUT2D eigenvalue weighted by Crippen LogP contribution is -2.06. The van der Waals surface area contributed by atoms with Gasteiger partial charge in [0.1, 0.15) is 0 Å². The van der Waals surface area contributed by atoms with Crippen LogP contribution < -0.4 is 0 Å². The van der Waals surface area contributed by atoms with E-state index in [9.17, 15) is 8.42 Å². The molecule has 19 heavy (non-hydrogen) atoms. The number of halogens is 1. The first-order valence-electron chi connectivity index (χ1n) is 5.97. The molecule has 0 radical (unpaired) electrons. The molecule has 0 spiro atoms. The fourth-order valence-corrected chi connectivity index (χ4v) is 2.49. The second-order valence-electron chi connectivity index (χ2n) is 3.88. The van der Waals surface area contributed by atoms with Gasteiger partial charge in [-0.2, -0.15) is 8.42 Å². The monoisotopic (exact) mass is 344 g/mol. The molecular weight excluding hydrogens is 328 g/mol. The summed E-state index contributed by atoms with van der Waals surface area (Å²) in [5, 5.41) is 0. The van der Waals surface area contributed by atoms with Crippen molar-refractivity contribution in [2.75, 3.05) is 6.61 Å². The van der Waals surface area contributed by atoms with Crippen LogP contribution in [0.1, 0.15) is 19.3 Å². The lowest BCUT2D eigenvalue weighted by Gasteiger charge is -2.03. The predicted octanol–water partition coefficient (Wildman–Crippen LogP) is 4.07. The van der Waals surface area contributed by atoms with E-state index >= 15 is 0 Å². The SMILES string of the molecule is C=CCCC/C=C/COS(=O)(=O)c1ccc(Br)cc1. The molecule has 0 aromatic heterocycles. The van der Waals surface area contributed by atoms with E-state index in [-0.39, 0.29) is 11.5 Å². The van der Waals surface area contributed by atoms with Crippen molar-refractivity contribution in [2.45, 2.75) is 24.2 Å². The van der Waals surface area contributed by atoms with E-state index in [1.54, 1.807) is 18.2 Å². The van der Waals surface area contributed by atoms with Crippen molar-refractivity contribution < 1.29 is 12.6 Å². The Balaban J connectivity index is 2.43. The number of allylic oxidation sites excluding steroid dienone is 2. The van der Waals surface area contributed by atoms with Crippen LogP contribution in [-0.2, 0) is 14.3 Å². The van der Waals surface area contributed by atoms with E-state index in [4.69, 9.17) is 4.18 Å². The molecule has 0 fully saturated rings. The first kappa shape index (κ1) is 16.1. The van der Waals surface area contributed by atoms with Crippen molar-refractivity contribution in [2.24, 2.45) is 0 Å². The Hall–Kier alpha value is -0.910. The van der Waals surface area contributed by atoms with E-state index in [2.05, 4.69) is 22.5 Å². The van der Waals surface area contributed by atoms with Gasteiger partial charge in [0.2, 0.25) is 0 Å². The molecule has 0 aliphatic heterocycles. The van der Waals surface area contributed by atoms with Crippen LogP contribution in [0.25, 0.3) is 0 Å². The maximum absolute atomic E-state index is 11.8. The van der Waals surface area contributed by atoms with Gasteiger partial charge in [-0.25, -0.2) is 0 Å². The topological polar surface area (TPSA) is 43.4 Å². The highest BCUT2D eigenvalue weighted by Crippen LogP contribution is 2.16. The van der Waals surface area contributed by atoms with Gasteiger partial charge in [-0.15, -0.1) is 6.58 Å². The summed E-state index contributed by atoms with van der Waals surface area (Å²) < 4.78 is 29.3. The van der Waals surface area contributed by atoms with Gasteiger partial charge >= 0.3 is 0 Å². The molecule has 0 saturated heterocycles. The minimum atomic E-state index is -3.66. The second-order valence-corrected chi connectivity index (χ2v) is 6.41. The van der Waals surface area contributed by atoms with E-state index in [1.807, 2.05) is 12.2 Å². The summed E-state index contributed by atoms with van der Waals surface area (Å²) in [5.41, 5.74) is 0. The summed E-state index contributed by atoms with van der Waals surface area (Å²) in [6, 6.07) is 6.35. The fourth-order valence-electron chi connectivity index (χ4n) is 1.36. The lowest BCUT2D eigenvalue weighted by atomic mass is 10.2. The van der Waals surface area contributed by atoms with Crippen LogP contribution in [0.4, 0.5) is 0 Å². The third-order valence-corrected chi connectivity index (χ3v) is 4.19. The molecule has 5 heteroatoms. The third kappa shape index (κ3) is 6.18. The van der Waals surface area contributed by atoms with Crippen molar-refractivity contribution in [3.8, 4) is 0 Å². The molecule has 104 valence electrons. The molecule has 1 aromatic carbocycles. The van der Waals surface area contributed by atoms with Crippen LogP contribution in [-0.4, -0.2) is 15.0 Å². The van der Waals surface area contributed by atoms with Crippen LogP contribution in [0.15, 0.2) is 58.4 Å². The molecule has 0 atom stereocenters. The number of rotatable bonds is 8. The van der Waals surface area contributed by atoms with E-state index in [0.29, 0.717) is 0 Å². The van der Waals surface area contributed by atoms with Crippen LogP contribution >= 0.6 is 15.9 Å². The highest BCUT2D eigenvalue weighted by molar-refractivity contribution is 9.10. The van der Waals surface area contributed by atoms with Crippen LogP contribution in [0.5, 0.6) is 0 Å². The number of hydrogen-bond donors (Lipinski definition) is 0. The molecule has 0 saturated carbocycles. The van der Waals surface area contributed by atoms with Gasteiger partial charge < -0.3 is 0 Å². The van der Waals surface area contributed by atoms with Crippen LogP contribution in [0, 0.1) is 0 Å². The summed E-state index contributed by atoms with van der Waals surface area (Å²) >= 11 is 3.25. The van der Waals surface area contributed by atoms with Crippen molar-refractivity contribution >= 4 is 26.0 Å². The second kappa shape index (κ2) is 8.30. The maximum Gasteiger partial charge on any atom is 0.297 e. The van der Waals surface area contributed by atoms with Crippen molar-refractivity contribution in [3.05, 3.63) is 53.5 Å². The summed E-state index contributed by atoms with van der Waals surface area (Å²) in [7, 11) is -3.66. The summed E-state index contributed by atoms with van der Waals surface area (Å²) in [4.78, 5) is 0.163. The average Bonchev–Trinajstić information content (AvgIpc) is 2.38. The van der Waals surface area contributed by atoms with Gasteiger partial charge in [0.05, 0.1) is 11.5 Å². The zero-order valence-corrected chi connectivity index (χ0v) is 13.0. The van der Waals surface area contributed by atoms with Crippen molar-refractivity contribution in [1.29, 1.82) is 0 Å². The molecule has 1 rings (SSSR count). The largest absolute Gasteiger partial charge is 0.297 e. The Kier molecular flexibility index (Phi) is 7.05. The zero-order valence-electron chi connectivity index (χ0n) is 10.6. The predicted molar refractivity (Wildman–Crippen MR) is 80.5 cm³/mol. The number of hydrogen-bond acceptors (Lipinski definition) is 3. The van der Waals surface area contributed by atoms with Gasteiger partial charge in [0.25, 0.3) is 10.1 Å². The fraction of sp³-hybridized carbons (Fsp3) is 0.286. The normalized spacial score (nSPS) is 11.8. The molecule has 0 amide bonds. The molecule has 0 bridgehead atoms. The van der Waals surface area contributed by atoms with E-state index < -0.39 is 10.1 Å². The van der Waals surface area contributed by atoms with E-state index in [1.165, 1.54) is 12.1 Å². The van der Waals surface area contributed by atoms with Gasteiger partial charge in [-0.1, -0.05) is 34.2 Å². The summed E-state index contributed by atoms with van der Waals surface area (Å²) in [6.07, 6.45) is 8.37. The average molecular weight is 345 g/mol. The van der Waals surface area contributed by atoms with Crippen molar-refractivity contribution in [1.82, 2.24) is 0 Å². The summed E-state index contributed by atoms with van der Waals surface area (Å²) in [6.45, 7) is 3.70. The molecule has 0 N–H and O–H groups in total. The van der Waals surface area contributed by atoms with E-state index in [0.717, 1.165) is 23.7 Å². The van der Waals surface area contributed by atoms with Gasteiger partial charge in [0, 0.05) is 4.47 Å². The minimum absolute atomic E-state index is 0.0620. The zero-order chi connectivity index (χ0) is 14.1. The molecule has 0 heterocycles. The lowest BCUT2D eigenvalue weighted by molar-refractivity contribution is 0.357. The molecular formula is C14H17BrO3S. The smallest absolute Gasteiger partial charge is 0.262 e. The summed E-state index contributed by atoms with van der Waals surface area (Å²) in [5.74, 6) is 0. The van der Waals surface area contributed by atoms with Gasteiger partial charge in [-0.05, 0) is 43.5 Å². The Morgan fingerprint density at radius 3 is 2.47 bits per heavy atom. The molecule has 0 aliphatic carbocycles. The first-order valence-corrected chi connectivity index (χ1v) is 8.17. The maximum atomic E-state index is 11.8. The standard InChI is InChI=1S/C14H17BrO3S/c1-2-3-4-5-6-7-12-18-19(16,17)14-10-8-13(15)9-11-14/h2,6-11H,1,3-5,12H2/b7-6+. The molecule has 0 aliphatic rings. The number of benzene rings is 1. The highest BCUT2D eigenvalue weighted by Gasteiger charge is 2.13. The minimum Gasteiger partial charge on any atom is -0.262 e. The van der Waals surface area contributed by atoms with Crippen LogP contribution in [0.3, 0.4) is 0 Å². The first-order chi connectivity index (χ1) is 9.06. The number of unbranched alkanes of at least 4 members (excludes halogenated alkanes) is 2. The van der Waals surface area contributed by atoms with Gasteiger partial charge in [0.15, 0.2) is 0 Å². The quantitative estimate of drug-likeness (QED) is 0.405. The Bertz CT molecular complexity index is 518. The Labute approximate surface area is 123 Å². The molecule has 0 unspecified atom stereocenters. The Morgan fingerprint density at radius 1 is 1.16 bits per heavy atom. The Morgan fingerprint density at radius 2 is 1.84 bits per heavy atom. The van der Waals surface area contributed by atoms with Gasteiger partial charge in [-0.3, -0.25) is 4.18 Å². The van der Waals surface area contributed by atoms with Crippen LogP contribution in [0.2, 0.25) is 0 Å².